The highest BCUT2D eigenvalue weighted by atomic mass is 16.6. The van der Waals surface area contributed by atoms with Crippen LogP contribution in [0.3, 0.4) is 0 Å². The second kappa shape index (κ2) is 6.11. The van der Waals surface area contributed by atoms with Crippen LogP contribution in [-0.4, -0.2) is 36.5 Å². The van der Waals surface area contributed by atoms with E-state index in [2.05, 4.69) is 12.1 Å². The monoisotopic (exact) mass is 303 g/mol. The highest BCUT2D eigenvalue weighted by Crippen LogP contribution is 2.41. The minimum atomic E-state index is -0.517. The van der Waals surface area contributed by atoms with E-state index in [4.69, 9.17) is 4.74 Å². The van der Waals surface area contributed by atoms with Crippen molar-refractivity contribution in [3.05, 3.63) is 35.4 Å². The van der Waals surface area contributed by atoms with E-state index in [0.29, 0.717) is 13.0 Å². The predicted octanol–water partition coefficient (Wildman–Crippen LogP) is 3.33. The summed E-state index contributed by atoms with van der Waals surface area (Å²) >= 11 is 0. The first-order chi connectivity index (χ1) is 10.3. The molecule has 0 heterocycles. The highest BCUT2D eigenvalue weighted by molar-refractivity contribution is 5.68. The summed E-state index contributed by atoms with van der Waals surface area (Å²) in [4.78, 5) is 25.0. The molecule has 120 valence electrons. The van der Waals surface area contributed by atoms with Gasteiger partial charge in [-0.2, -0.15) is 0 Å². The lowest BCUT2D eigenvalue weighted by Crippen LogP contribution is -2.43. The van der Waals surface area contributed by atoms with Crippen LogP contribution in [-0.2, 0) is 21.4 Å². The zero-order valence-electron chi connectivity index (χ0n) is 13.9. The molecule has 4 heteroatoms. The molecular weight excluding hydrogens is 278 g/mol. The quantitative estimate of drug-likeness (QED) is 0.802. The Bertz CT molecular complexity index is 562. The van der Waals surface area contributed by atoms with Crippen molar-refractivity contribution in [1.29, 1.82) is 0 Å². The number of likely N-dealkylation sites (N-methyl/N-ethyl adjacent to an activating group) is 1. The molecule has 1 aromatic rings. The lowest BCUT2D eigenvalue weighted by Gasteiger charge is -2.34. The Morgan fingerprint density at radius 1 is 1.36 bits per heavy atom. The van der Waals surface area contributed by atoms with Crippen LogP contribution < -0.4 is 0 Å². The van der Waals surface area contributed by atoms with E-state index >= 15 is 0 Å². The third-order valence-electron chi connectivity index (χ3n) is 4.18. The van der Waals surface area contributed by atoms with Crippen LogP contribution >= 0.6 is 0 Å². The molecule has 4 nitrogen and oxygen atoms in total. The van der Waals surface area contributed by atoms with Crippen molar-refractivity contribution < 1.29 is 14.3 Å². The topological polar surface area (TPSA) is 46.6 Å². The lowest BCUT2D eigenvalue weighted by molar-refractivity contribution is -0.109. The van der Waals surface area contributed by atoms with Crippen molar-refractivity contribution in [3.8, 4) is 0 Å². The highest BCUT2D eigenvalue weighted by Gasteiger charge is 2.40. The zero-order chi connectivity index (χ0) is 16.4. The van der Waals surface area contributed by atoms with Crippen LogP contribution in [0.2, 0.25) is 0 Å². The first-order valence-electron chi connectivity index (χ1n) is 7.73. The average Bonchev–Trinajstić information content (AvgIpc) is 2.77. The molecule has 1 aromatic carbocycles. The molecule has 0 aromatic heterocycles. The fraction of sp³-hybridized carbons (Fsp3) is 0.556. The van der Waals surface area contributed by atoms with E-state index in [0.717, 1.165) is 19.1 Å². The SMILES string of the molecule is CN(CC1(CC=O)CCc2ccccc21)C(=O)OC(C)(C)C. The zero-order valence-corrected chi connectivity index (χ0v) is 13.9. The van der Waals surface area contributed by atoms with Crippen molar-refractivity contribution >= 4 is 12.4 Å². The Morgan fingerprint density at radius 2 is 2.05 bits per heavy atom. The van der Waals surface area contributed by atoms with Crippen molar-refractivity contribution in [1.82, 2.24) is 4.90 Å². The summed E-state index contributed by atoms with van der Waals surface area (Å²) in [6, 6.07) is 8.20. The number of rotatable bonds is 4. The maximum absolute atomic E-state index is 12.2. The number of fused-ring (bicyclic) bond motifs is 1. The van der Waals surface area contributed by atoms with E-state index in [1.807, 2.05) is 32.9 Å². The van der Waals surface area contributed by atoms with E-state index in [1.54, 1.807) is 11.9 Å². The molecule has 0 aliphatic heterocycles. The maximum atomic E-state index is 12.2. The molecule has 22 heavy (non-hydrogen) atoms. The summed E-state index contributed by atoms with van der Waals surface area (Å²) in [5.41, 5.74) is 1.67. The molecule has 0 bridgehead atoms. The van der Waals surface area contributed by atoms with Gasteiger partial charge in [-0.1, -0.05) is 24.3 Å². The van der Waals surface area contributed by atoms with Crippen molar-refractivity contribution in [2.75, 3.05) is 13.6 Å². The predicted molar refractivity (Wildman–Crippen MR) is 86.0 cm³/mol. The Morgan fingerprint density at radius 3 is 2.68 bits per heavy atom. The molecule has 1 unspecified atom stereocenters. The van der Waals surface area contributed by atoms with E-state index < -0.39 is 5.60 Å². The first-order valence-corrected chi connectivity index (χ1v) is 7.73. The molecule has 0 N–H and O–H groups in total. The lowest BCUT2D eigenvalue weighted by atomic mass is 9.79. The van der Waals surface area contributed by atoms with Gasteiger partial charge in [0.1, 0.15) is 11.9 Å². The molecule has 1 aliphatic carbocycles. The number of aldehydes is 1. The van der Waals surface area contributed by atoms with Crippen LogP contribution in [0.1, 0.15) is 44.7 Å². The minimum absolute atomic E-state index is 0.288. The standard InChI is InChI=1S/C18H25NO3/c1-17(2,3)22-16(21)19(4)13-18(11-12-20)10-9-14-7-5-6-8-15(14)18/h5-8,12H,9-11,13H2,1-4H3. The molecular formula is C18H25NO3. The van der Waals surface area contributed by atoms with Gasteiger partial charge in [0, 0.05) is 25.4 Å². The Labute approximate surface area is 132 Å². The summed E-state index contributed by atoms with van der Waals surface area (Å²) in [5.74, 6) is 0. The van der Waals surface area contributed by atoms with Crippen LogP contribution in [0.5, 0.6) is 0 Å². The Balaban J connectivity index is 2.20. The van der Waals surface area contributed by atoms with Gasteiger partial charge in [-0.3, -0.25) is 0 Å². The van der Waals surface area contributed by atoms with Gasteiger partial charge < -0.3 is 14.4 Å². The summed E-state index contributed by atoms with van der Waals surface area (Å²) in [7, 11) is 1.74. The Kier molecular flexibility index (Phi) is 4.59. The van der Waals surface area contributed by atoms with Crippen molar-refractivity contribution in [3.63, 3.8) is 0 Å². The number of carbonyl (C=O) groups is 2. The molecule has 1 atom stereocenters. The summed E-state index contributed by atoms with van der Waals surface area (Å²) in [5, 5.41) is 0. The number of ether oxygens (including phenoxy) is 1. The van der Waals surface area contributed by atoms with Crippen LogP contribution in [0, 0.1) is 0 Å². The largest absolute Gasteiger partial charge is 0.444 e. The van der Waals surface area contributed by atoms with Gasteiger partial charge in [0.05, 0.1) is 0 Å². The number of aryl methyl sites for hydroxylation is 1. The van der Waals surface area contributed by atoms with Gasteiger partial charge >= 0.3 is 6.09 Å². The maximum Gasteiger partial charge on any atom is 0.410 e. The smallest absolute Gasteiger partial charge is 0.410 e. The molecule has 0 saturated carbocycles. The second-order valence-electron chi connectivity index (χ2n) is 7.14. The van der Waals surface area contributed by atoms with Gasteiger partial charge in [0.25, 0.3) is 0 Å². The summed E-state index contributed by atoms with van der Waals surface area (Å²) in [6.45, 7) is 6.05. The fourth-order valence-corrected chi connectivity index (χ4v) is 3.22. The van der Waals surface area contributed by atoms with Crippen molar-refractivity contribution in [2.45, 2.75) is 51.0 Å². The summed E-state index contributed by atoms with van der Waals surface area (Å²) in [6.07, 6.45) is 2.88. The van der Waals surface area contributed by atoms with E-state index in [-0.39, 0.29) is 11.5 Å². The van der Waals surface area contributed by atoms with E-state index in [1.165, 1.54) is 11.1 Å². The summed E-state index contributed by atoms with van der Waals surface area (Å²) < 4.78 is 5.42. The van der Waals surface area contributed by atoms with Gasteiger partial charge in [0.15, 0.2) is 0 Å². The van der Waals surface area contributed by atoms with Gasteiger partial charge in [-0.05, 0) is 44.7 Å². The molecule has 0 fully saturated rings. The first kappa shape index (κ1) is 16.5. The second-order valence-corrected chi connectivity index (χ2v) is 7.14. The van der Waals surface area contributed by atoms with Gasteiger partial charge in [0.2, 0.25) is 0 Å². The van der Waals surface area contributed by atoms with Gasteiger partial charge in [-0.25, -0.2) is 4.79 Å². The molecule has 0 spiro atoms. The van der Waals surface area contributed by atoms with Gasteiger partial charge in [-0.15, -0.1) is 0 Å². The third kappa shape index (κ3) is 3.49. The number of hydrogen-bond acceptors (Lipinski definition) is 3. The number of carbonyl (C=O) groups excluding carboxylic acids is 2. The van der Waals surface area contributed by atoms with E-state index in [9.17, 15) is 9.59 Å². The number of hydrogen-bond donors (Lipinski definition) is 0. The molecule has 1 aliphatic rings. The molecule has 0 radical (unpaired) electrons. The number of nitrogens with zero attached hydrogens (tertiary/aromatic N) is 1. The normalized spacial score (nSPS) is 20.4. The number of amides is 1. The average molecular weight is 303 g/mol. The third-order valence-corrected chi connectivity index (χ3v) is 4.18. The van der Waals surface area contributed by atoms with Crippen LogP contribution in [0.15, 0.2) is 24.3 Å². The molecule has 2 rings (SSSR count). The Hall–Kier alpha value is -1.84. The van der Waals surface area contributed by atoms with Crippen LogP contribution in [0.25, 0.3) is 0 Å². The fourth-order valence-electron chi connectivity index (χ4n) is 3.22. The molecule has 1 amide bonds. The minimum Gasteiger partial charge on any atom is -0.444 e. The van der Waals surface area contributed by atoms with Crippen molar-refractivity contribution in [2.24, 2.45) is 0 Å². The molecule has 0 saturated heterocycles. The van der Waals surface area contributed by atoms with Crippen LogP contribution in [0.4, 0.5) is 4.79 Å². The number of benzene rings is 1.